The fourth-order valence-corrected chi connectivity index (χ4v) is 12.1. The van der Waals surface area contributed by atoms with E-state index in [1.165, 1.54) is 205 Å². The standard InChI is InChI=1S/C54H113N2O9S2/c1-5-7-9-11-13-15-17-19-21-23-25-26-27-29-31-33-35-37-39-41-43-55(3,4)49-53(59)51-67(63,64)65-54(52-66(60,61)62)50-56(45-47-57,46-48-58)44-42-40-38-36-34-32-30-28-24-22-20-18-16-14-12-10-8-6-2/h53-54,57-59H,5-52H2,1-4H3/q+1/p+1. The highest BCUT2D eigenvalue weighted by Crippen LogP contribution is 2.20. The molecule has 11 nitrogen and oxygen atoms in total. The molecule has 4 N–H and O–H groups in total. The topological polar surface area (TPSA) is 158 Å². The molecule has 0 aromatic heterocycles. The minimum absolute atomic E-state index is 0.0630. The lowest BCUT2D eigenvalue weighted by molar-refractivity contribution is -0.931. The van der Waals surface area contributed by atoms with Gasteiger partial charge in [0, 0.05) is 0 Å². The van der Waals surface area contributed by atoms with Crippen LogP contribution in [0.3, 0.4) is 0 Å². The molecule has 13 heteroatoms. The van der Waals surface area contributed by atoms with Crippen molar-refractivity contribution in [1.29, 1.82) is 0 Å². The molecule has 0 aromatic rings. The lowest BCUT2D eigenvalue weighted by atomic mass is 10.0. The SMILES string of the molecule is CCCCCCCCCCCCCCCCCCCCCC[N+](C)(C)CC(O)CS(=O)(=O)OC(C[N+](CCO)(CCO)CCCCCCCCCCCCCCCCCCCC)CS(=O)(=O)O. The van der Waals surface area contributed by atoms with Gasteiger partial charge in [-0.1, -0.05) is 232 Å². The third kappa shape index (κ3) is 45.2. The van der Waals surface area contributed by atoms with Crippen molar-refractivity contribution < 1.29 is 49.9 Å². The summed E-state index contributed by atoms with van der Waals surface area (Å²) in [6.07, 6.45) is 46.3. The summed E-state index contributed by atoms with van der Waals surface area (Å²) >= 11 is 0. The first kappa shape index (κ1) is 66.6. The van der Waals surface area contributed by atoms with E-state index in [0.29, 0.717) is 11.0 Å². The molecule has 0 aliphatic rings. The van der Waals surface area contributed by atoms with Crippen LogP contribution in [-0.2, 0) is 24.4 Å². The summed E-state index contributed by atoms with van der Waals surface area (Å²) in [5.74, 6) is -1.64. The zero-order chi connectivity index (χ0) is 49.8. The molecule has 0 heterocycles. The van der Waals surface area contributed by atoms with E-state index in [0.717, 1.165) is 45.1 Å². The highest BCUT2D eigenvalue weighted by Gasteiger charge is 2.36. The summed E-state index contributed by atoms with van der Waals surface area (Å²) in [5.41, 5.74) is 0. The van der Waals surface area contributed by atoms with Crippen molar-refractivity contribution in [2.75, 3.05) is 78.1 Å². The van der Waals surface area contributed by atoms with Crippen LogP contribution in [0.2, 0.25) is 0 Å². The van der Waals surface area contributed by atoms with Crippen molar-refractivity contribution in [3.05, 3.63) is 0 Å². The van der Waals surface area contributed by atoms with Gasteiger partial charge in [0.25, 0.3) is 20.2 Å². The molecule has 0 rings (SSSR count). The van der Waals surface area contributed by atoms with Crippen LogP contribution in [0.15, 0.2) is 0 Å². The Hall–Kier alpha value is -0.380. The highest BCUT2D eigenvalue weighted by molar-refractivity contribution is 7.87. The van der Waals surface area contributed by atoms with E-state index in [2.05, 4.69) is 13.8 Å². The average molecular weight is 1000 g/mol. The number of unbranched alkanes of at least 4 members (excludes halogenated alkanes) is 36. The Balaban J connectivity index is 4.56. The van der Waals surface area contributed by atoms with Crippen LogP contribution < -0.4 is 0 Å². The number of quaternary nitrogens is 2. The quantitative estimate of drug-likeness (QED) is 0.0201. The van der Waals surface area contributed by atoms with Gasteiger partial charge >= 0.3 is 0 Å². The van der Waals surface area contributed by atoms with Crippen molar-refractivity contribution in [3.8, 4) is 0 Å². The number of likely N-dealkylation sites (N-methyl/N-ethyl adjacent to an activating group) is 1. The summed E-state index contributed by atoms with van der Waals surface area (Å²) in [7, 11) is -5.09. The third-order valence-electron chi connectivity index (χ3n) is 14.1. The fraction of sp³-hybridized carbons (Fsp3) is 1.00. The first-order valence-electron chi connectivity index (χ1n) is 28.6. The van der Waals surface area contributed by atoms with E-state index >= 15 is 0 Å². The monoisotopic (exact) mass is 999 g/mol. The van der Waals surface area contributed by atoms with Crippen LogP contribution >= 0.6 is 0 Å². The summed E-state index contributed by atoms with van der Waals surface area (Å²) in [6.45, 7) is 5.78. The Kier molecular flexibility index (Phi) is 44.1. The molecule has 0 saturated carbocycles. The zero-order valence-corrected chi connectivity index (χ0v) is 46.3. The normalized spacial score (nSPS) is 13.7. The molecule has 67 heavy (non-hydrogen) atoms. The second-order valence-corrected chi connectivity index (χ2v) is 24.7. The van der Waals surface area contributed by atoms with Crippen molar-refractivity contribution in [2.45, 2.75) is 270 Å². The predicted molar refractivity (Wildman–Crippen MR) is 284 cm³/mol. The van der Waals surface area contributed by atoms with Crippen molar-refractivity contribution in [3.63, 3.8) is 0 Å². The van der Waals surface area contributed by atoms with Crippen LogP contribution in [0.5, 0.6) is 0 Å². The van der Waals surface area contributed by atoms with Crippen molar-refractivity contribution in [2.24, 2.45) is 0 Å². The van der Waals surface area contributed by atoms with Gasteiger partial charge in [0.1, 0.15) is 49.9 Å². The molecule has 0 aliphatic carbocycles. The summed E-state index contributed by atoms with van der Waals surface area (Å²) in [6, 6.07) is 0. The van der Waals surface area contributed by atoms with Gasteiger partial charge in [-0.05, 0) is 25.7 Å². The third-order valence-corrected chi connectivity index (χ3v) is 16.3. The zero-order valence-electron chi connectivity index (χ0n) is 44.6. The lowest BCUT2D eigenvalue weighted by Crippen LogP contribution is -2.57. The van der Waals surface area contributed by atoms with Gasteiger partial charge < -0.3 is 24.3 Å². The number of hydrogen-bond acceptors (Lipinski definition) is 8. The molecule has 0 bridgehead atoms. The molecule has 0 spiro atoms. The fourth-order valence-electron chi connectivity index (χ4n) is 10.2. The highest BCUT2D eigenvalue weighted by atomic mass is 32.2. The maximum atomic E-state index is 13.3. The second kappa shape index (κ2) is 44.3. The smallest absolute Gasteiger partial charge is 0.270 e. The maximum Gasteiger partial charge on any atom is 0.270 e. The number of aliphatic hydroxyl groups excluding tert-OH is 3. The van der Waals surface area contributed by atoms with E-state index in [-0.39, 0.29) is 43.9 Å². The van der Waals surface area contributed by atoms with Gasteiger partial charge in [0.05, 0.1) is 40.4 Å². The van der Waals surface area contributed by atoms with Gasteiger partial charge in [-0.3, -0.25) is 8.74 Å². The molecule has 2 atom stereocenters. The molecular weight excluding hydrogens is 885 g/mol. The second-order valence-electron chi connectivity index (χ2n) is 21.6. The molecule has 0 amide bonds. The molecule has 0 fully saturated rings. The Morgan fingerprint density at radius 2 is 0.687 bits per heavy atom. The molecule has 404 valence electrons. The van der Waals surface area contributed by atoms with E-state index in [1.54, 1.807) is 0 Å². The van der Waals surface area contributed by atoms with Gasteiger partial charge in [-0.25, -0.2) is 0 Å². The Bertz CT molecular complexity index is 1280. The molecule has 0 saturated heterocycles. The van der Waals surface area contributed by atoms with Crippen LogP contribution in [0.25, 0.3) is 0 Å². The van der Waals surface area contributed by atoms with Crippen LogP contribution in [-0.4, -0.2) is 136 Å². The van der Waals surface area contributed by atoms with E-state index in [9.17, 15) is 36.7 Å². The molecular formula is C54H114N2O9S2+2. The van der Waals surface area contributed by atoms with Gasteiger partial charge in [0.15, 0.2) is 0 Å². The van der Waals surface area contributed by atoms with Crippen LogP contribution in [0, 0.1) is 0 Å². The van der Waals surface area contributed by atoms with E-state index in [4.69, 9.17) is 4.18 Å². The average Bonchev–Trinajstić information content (AvgIpc) is 3.24. The van der Waals surface area contributed by atoms with Crippen molar-refractivity contribution in [1.82, 2.24) is 0 Å². The van der Waals surface area contributed by atoms with Gasteiger partial charge in [-0.15, -0.1) is 0 Å². The minimum Gasteiger partial charge on any atom is -0.391 e. The summed E-state index contributed by atoms with van der Waals surface area (Å²) < 4.78 is 66.7. The number of rotatable bonds is 54. The van der Waals surface area contributed by atoms with Gasteiger partial charge in [-0.2, -0.15) is 16.8 Å². The largest absolute Gasteiger partial charge is 0.391 e. The van der Waals surface area contributed by atoms with E-state index < -0.39 is 43.9 Å². The lowest BCUT2D eigenvalue weighted by Gasteiger charge is -2.40. The van der Waals surface area contributed by atoms with Crippen molar-refractivity contribution >= 4 is 20.2 Å². The number of nitrogens with zero attached hydrogens (tertiary/aromatic N) is 2. The first-order chi connectivity index (χ1) is 32.1. The Labute approximate surface area is 416 Å². The Morgan fingerprint density at radius 1 is 0.403 bits per heavy atom. The molecule has 0 aliphatic heterocycles. The van der Waals surface area contributed by atoms with Gasteiger partial charge in [0.2, 0.25) is 0 Å². The molecule has 0 aromatic carbocycles. The maximum absolute atomic E-state index is 13.3. The van der Waals surface area contributed by atoms with Crippen LogP contribution in [0.4, 0.5) is 0 Å². The minimum atomic E-state index is -4.63. The molecule has 2 unspecified atom stereocenters. The first-order valence-corrected chi connectivity index (χ1v) is 31.7. The number of hydrogen-bond donors (Lipinski definition) is 4. The summed E-state index contributed by atoms with van der Waals surface area (Å²) in [5, 5.41) is 31.0. The Morgan fingerprint density at radius 3 is 0.970 bits per heavy atom. The molecule has 0 radical (unpaired) electrons. The number of aliphatic hydroxyl groups is 3. The van der Waals surface area contributed by atoms with E-state index in [1.807, 2.05) is 14.1 Å². The van der Waals surface area contributed by atoms with Crippen LogP contribution in [0.1, 0.15) is 258 Å². The summed E-state index contributed by atoms with van der Waals surface area (Å²) in [4.78, 5) is 0. The predicted octanol–water partition coefficient (Wildman–Crippen LogP) is 12.7.